The molecule has 0 aromatic heterocycles. The minimum Gasteiger partial charge on any atom is -0.504 e. The van der Waals surface area contributed by atoms with Crippen LogP contribution in [0.15, 0.2) is 12.1 Å². The van der Waals surface area contributed by atoms with Crippen molar-refractivity contribution in [2.24, 2.45) is 0 Å². The highest BCUT2D eigenvalue weighted by Gasteiger charge is 2.15. The van der Waals surface area contributed by atoms with Crippen molar-refractivity contribution in [3.63, 3.8) is 0 Å². The number of phenols is 3. The maximum atomic E-state index is 11.9. The molecule has 0 spiro atoms. The first-order chi connectivity index (χ1) is 12.1. The van der Waals surface area contributed by atoms with Crippen molar-refractivity contribution >= 4 is 27.5 Å². The number of carbonyl (C=O) groups excluding carboxylic acids is 1. The predicted molar refractivity (Wildman–Crippen MR) is 104 cm³/mol. The monoisotopic (exact) mass is 386 g/mol. The second-order valence-corrected chi connectivity index (χ2v) is 8.83. The fourth-order valence-electron chi connectivity index (χ4n) is 2.59. The molecule has 1 fully saturated rings. The smallest absolute Gasteiger partial charge is 0.251 e. The van der Waals surface area contributed by atoms with Crippen molar-refractivity contribution in [1.82, 2.24) is 10.6 Å². The average molecular weight is 387 g/mol. The van der Waals surface area contributed by atoms with Gasteiger partial charge in [-0.25, -0.2) is 0 Å². The molecular formula is C17H26N2O4S2. The van der Waals surface area contributed by atoms with Gasteiger partial charge in [0.05, 0.1) is 0 Å². The molecule has 0 unspecified atom stereocenters. The minimum atomic E-state index is -0.622. The van der Waals surface area contributed by atoms with Crippen LogP contribution < -0.4 is 10.6 Å². The molecule has 0 radical (unpaired) electrons. The third-order valence-corrected chi connectivity index (χ3v) is 7.03. The number of unbranched alkanes of at least 4 members (excludes halogenated alkanes) is 2. The van der Waals surface area contributed by atoms with Crippen molar-refractivity contribution in [2.75, 3.05) is 25.4 Å². The van der Waals surface area contributed by atoms with Gasteiger partial charge in [-0.15, -0.1) is 0 Å². The van der Waals surface area contributed by atoms with Crippen LogP contribution in [0.2, 0.25) is 0 Å². The molecule has 8 heteroatoms. The molecule has 6 nitrogen and oxygen atoms in total. The number of carbonyl (C=O) groups is 1. The Morgan fingerprint density at radius 3 is 2.52 bits per heavy atom. The topological polar surface area (TPSA) is 102 Å². The van der Waals surface area contributed by atoms with Crippen LogP contribution in [0.1, 0.15) is 42.5 Å². The first kappa shape index (κ1) is 20.1. The van der Waals surface area contributed by atoms with E-state index in [2.05, 4.69) is 10.6 Å². The Balaban J connectivity index is 1.50. The summed E-state index contributed by atoms with van der Waals surface area (Å²) < 4.78 is 0. The van der Waals surface area contributed by atoms with Gasteiger partial charge in [-0.1, -0.05) is 34.4 Å². The SMILES string of the molecule is O=C(NCCNCCCCC[C@@H]1CCSS1)c1cc(O)c(O)c(O)c1. The van der Waals surface area contributed by atoms with Crippen LogP contribution in [0.4, 0.5) is 0 Å². The molecule has 1 amide bonds. The summed E-state index contributed by atoms with van der Waals surface area (Å²) in [5.74, 6) is -0.759. The van der Waals surface area contributed by atoms with Gasteiger partial charge in [-0.05, 0) is 37.9 Å². The number of benzene rings is 1. The molecule has 0 bridgehead atoms. The van der Waals surface area contributed by atoms with E-state index in [0.717, 1.165) is 30.3 Å². The first-order valence-electron chi connectivity index (χ1n) is 8.60. The maximum absolute atomic E-state index is 11.9. The minimum absolute atomic E-state index is 0.107. The number of hydrogen-bond acceptors (Lipinski definition) is 7. The van der Waals surface area contributed by atoms with Crippen LogP contribution in [0.3, 0.4) is 0 Å². The Morgan fingerprint density at radius 1 is 1.08 bits per heavy atom. The van der Waals surface area contributed by atoms with E-state index in [1.54, 1.807) is 0 Å². The lowest BCUT2D eigenvalue weighted by Crippen LogP contribution is -2.32. The van der Waals surface area contributed by atoms with Gasteiger partial charge >= 0.3 is 0 Å². The van der Waals surface area contributed by atoms with Crippen LogP contribution in [-0.4, -0.2) is 51.9 Å². The highest BCUT2D eigenvalue weighted by atomic mass is 33.1. The molecule has 1 aliphatic heterocycles. The molecule has 0 saturated carbocycles. The van der Waals surface area contributed by atoms with Crippen LogP contribution in [0.5, 0.6) is 17.2 Å². The fraction of sp³-hybridized carbons (Fsp3) is 0.588. The lowest BCUT2D eigenvalue weighted by molar-refractivity contribution is 0.0953. The van der Waals surface area contributed by atoms with E-state index in [1.165, 1.54) is 31.4 Å². The molecule has 1 heterocycles. The molecule has 140 valence electrons. The average Bonchev–Trinajstić information content (AvgIpc) is 3.11. The fourth-order valence-corrected chi connectivity index (χ4v) is 5.62. The van der Waals surface area contributed by atoms with Crippen molar-refractivity contribution in [2.45, 2.75) is 37.4 Å². The Hall–Kier alpha value is -1.25. The summed E-state index contributed by atoms with van der Waals surface area (Å²) in [4.78, 5) is 11.9. The summed E-state index contributed by atoms with van der Waals surface area (Å²) in [6.45, 7) is 2.05. The van der Waals surface area contributed by atoms with Gasteiger partial charge in [0, 0.05) is 29.7 Å². The molecule has 2 rings (SSSR count). The van der Waals surface area contributed by atoms with E-state index in [-0.39, 0.29) is 5.56 Å². The van der Waals surface area contributed by atoms with Crippen molar-refractivity contribution in [3.8, 4) is 17.2 Å². The Morgan fingerprint density at radius 2 is 1.84 bits per heavy atom. The van der Waals surface area contributed by atoms with Crippen LogP contribution >= 0.6 is 21.6 Å². The van der Waals surface area contributed by atoms with Gasteiger partial charge in [-0.3, -0.25) is 4.79 Å². The van der Waals surface area contributed by atoms with Crippen molar-refractivity contribution in [1.29, 1.82) is 0 Å². The number of aromatic hydroxyl groups is 3. The Bertz CT molecular complexity index is 543. The summed E-state index contributed by atoms with van der Waals surface area (Å²) >= 11 is 0. The number of amides is 1. The normalized spacial score (nSPS) is 16.9. The zero-order chi connectivity index (χ0) is 18.1. The molecule has 25 heavy (non-hydrogen) atoms. The summed E-state index contributed by atoms with van der Waals surface area (Å²) in [6, 6.07) is 2.25. The third kappa shape index (κ3) is 6.87. The second kappa shape index (κ2) is 10.7. The van der Waals surface area contributed by atoms with Gasteiger partial charge in [-0.2, -0.15) is 0 Å². The molecule has 1 aromatic rings. The molecule has 1 aromatic carbocycles. The van der Waals surface area contributed by atoms with Gasteiger partial charge in [0.2, 0.25) is 0 Å². The van der Waals surface area contributed by atoms with Crippen molar-refractivity contribution < 1.29 is 20.1 Å². The largest absolute Gasteiger partial charge is 0.504 e. The molecule has 5 N–H and O–H groups in total. The molecule has 1 saturated heterocycles. The van der Waals surface area contributed by atoms with E-state index < -0.39 is 23.2 Å². The Labute approximate surface area is 156 Å². The van der Waals surface area contributed by atoms with Gasteiger partial charge in [0.15, 0.2) is 17.2 Å². The highest BCUT2D eigenvalue weighted by molar-refractivity contribution is 8.77. The first-order valence-corrected chi connectivity index (χ1v) is 11.0. The van der Waals surface area contributed by atoms with Gasteiger partial charge < -0.3 is 26.0 Å². The molecule has 0 aliphatic carbocycles. The standard InChI is InChI=1S/C17H26N2O4S2/c20-14-10-12(11-15(21)16(14)22)17(23)19-8-7-18-6-3-1-2-4-13-5-9-24-25-13/h10-11,13,18,20-22H,1-9H2,(H,19,23)/t13-/m1/s1. The molecule has 1 atom stereocenters. The van der Waals surface area contributed by atoms with E-state index in [1.807, 2.05) is 21.6 Å². The quantitative estimate of drug-likeness (QED) is 0.239. The van der Waals surface area contributed by atoms with Crippen LogP contribution in [0.25, 0.3) is 0 Å². The highest BCUT2D eigenvalue weighted by Crippen LogP contribution is 2.39. The number of hydrogen-bond donors (Lipinski definition) is 5. The molecular weight excluding hydrogens is 360 g/mol. The van der Waals surface area contributed by atoms with Gasteiger partial charge in [0.1, 0.15) is 0 Å². The van der Waals surface area contributed by atoms with E-state index in [9.17, 15) is 20.1 Å². The van der Waals surface area contributed by atoms with Crippen LogP contribution in [-0.2, 0) is 0 Å². The number of rotatable bonds is 10. The lowest BCUT2D eigenvalue weighted by atomic mass is 10.1. The lowest BCUT2D eigenvalue weighted by Gasteiger charge is -2.09. The summed E-state index contributed by atoms with van der Waals surface area (Å²) in [5.41, 5.74) is 0.107. The van der Waals surface area contributed by atoms with Crippen LogP contribution in [0, 0.1) is 0 Å². The van der Waals surface area contributed by atoms with E-state index in [0.29, 0.717) is 13.1 Å². The summed E-state index contributed by atoms with van der Waals surface area (Å²) in [7, 11) is 4.03. The van der Waals surface area contributed by atoms with Gasteiger partial charge in [0.25, 0.3) is 5.91 Å². The maximum Gasteiger partial charge on any atom is 0.251 e. The third-order valence-electron chi connectivity index (χ3n) is 4.03. The zero-order valence-corrected chi connectivity index (χ0v) is 15.8. The predicted octanol–water partition coefficient (Wildman–Crippen LogP) is 2.84. The second-order valence-electron chi connectivity index (χ2n) is 6.05. The van der Waals surface area contributed by atoms with E-state index in [4.69, 9.17) is 0 Å². The van der Waals surface area contributed by atoms with Crippen molar-refractivity contribution in [3.05, 3.63) is 17.7 Å². The Kier molecular flexibility index (Phi) is 8.57. The number of phenolic OH excluding ortho intramolecular Hbond substituents is 3. The molecule has 1 aliphatic rings. The summed E-state index contributed by atoms with van der Waals surface area (Å²) in [5, 5.41) is 34.9. The number of nitrogens with one attached hydrogen (secondary N) is 2. The zero-order valence-electron chi connectivity index (χ0n) is 14.2. The van der Waals surface area contributed by atoms with E-state index >= 15 is 0 Å². The summed E-state index contributed by atoms with van der Waals surface area (Å²) in [6.07, 6.45) is 6.32.